The first-order valence-corrected chi connectivity index (χ1v) is 6.32. The van der Waals surface area contributed by atoms with Crippen LogP contribution < -0.4 is 11.1 Å². The molecule has 2 rings (SSSR count). The van der Waals surface area contributed by atoms with E-state index in [9.17, 15) is 4.79 Å². The number of nitrogens with zero attached hydrogens (tertiary/aromatic N) is 1. The van der Waals surface area contributed by atoms with E-state index >= 15 is 0 Å². The summed E-state index contributed by atoms with van der Waals surface area (Å²) in [6, 6.07) is -0.186. The third-order valence-corrected chi connectivity index (χ3v) is 4.08. The first kappa shape index (κ1) is 12.8. The van der Waals surface area contributed by atoms with Gasteiger partial charge < -0.3 is 20.7 Å². The van der Waals surface area contributed by atoms with Crippen LogP contribution in [-0.2, 0) is 9.53 Å². The minimum Gasteiger partial charge on any atom is -0.379 e. The number of amides is 1. The van der Waals surface area contributed by atoms with E-state index in [0.29, 0.717) is 19.1 Å². The Bertz CT molecular complexity index is 297. The van der Waals surface area contributed by atoms with E-state index in [-0.39, 0.29) is 11.9 Å². The summed E-state index contributed by atoms with van der Waals surface area (Å²) >= 11 is 0. The summed E-state index contributed by atoms with van der Waals surface area (Å²) in [4.78, 5) is 14.4. The van der Waals surface area contributed by atoms with Gasteiger partial charge in [0.2, 0.25) is 5.91 Å². The number of likely N-dealkylation sites (tertiary alicyclic amines) is 1. The molecule has 0 spiro atoms. The van der Waals surface area contributed by atoms with Crippen molar-refractivity contribution in [1.82, 2.24) is 10.2 Å². The van der Waals surface area contributed by atoms with E-state index in [1.54, 1.807) is 0 Å². The number of nitrogens with two attached hydrogens (primary N) is 1. The molecule has 0 radical (unpaired) electrons. The van der Waals surface area contributed by atoms with E-state index in [0.717, 1.165) is 26.1 Å². The fraction of sp³-hybridized carbons (Fsp3) is 0.917. The Morgan fingerprint density at radius 2 is 2.41 bits per heavy atom. The molecule has 5 heteroatoms. The molecule has 3 N–H and O–H groups in total. The SMILES string of the molecule is CN1CCC(CNC(=O)C2(C)COCC2N)C1. The summed E-state index contributed by atoms with van der Waals surface area (Å²) < 4.78 is 5.29. The highest BCUT2D eigenvalue weighted by atomic mass is 16.5. The van der Waals surface area contributed by atoms with Gasteiger partial charge in [-0.1, -0.05) is 0 Å². The van der Waals surface area contributed by atoms with Gasteiger partial charge in [0.15, 0.2) is 0 Å². The molecule has 2 aliphatic heterocycles. The highest BCUT2D eigenvalue weighted by molar-refractivity contribution is 5.83. The van der Waals surface area contributed by atoms with Crippen LogP contribution in [0.3, 0.4) is 0 Å². The van der Waals surface area contributed by atoms with Gasteiger partial charge in [-0.15, -0.1) is 0 Å². The first-order valence-electron chi connectivity index (χ1n) is 6.32. The molecule has 3 unspecified atom stereocenters. The summed E-state index contributed by atoms with van der Waals surface area (Å²) in [6.07, 6.45) is 1.16. The molecule has 5 nitrogen and oxygen atoms in total. The second kappa shape index (κ2) is 4.92. The van der Waals surface area contributed by atoms with Gasteiger partial charge in [-0.25, -0.2) is 0 Å². The molecule has 2 saturated heterocycles. The first-order chi connectivity index (χ1) is 8.02. The molecule has 0 saturated carbocycles. The molecule has 0 aromatic rings. The summed E-state index contributed by atoms with van der Waals surface area (Å²) in [6.45, 7) is 5.76. The zero-order valence-corrected chi connectivity index (χ0v) is 10.7. The van der Waals surface area contributed by atoms with E-state index in [2.05, 4.69) is 17.3 Å². The van der Waals surface area contributed by atoms with E-state index in [1.807, 2.05) is 6.92 Å². The Kier molecular flexibility index (Phi) is 3.70. The van der Waals surface area contributed by atoms with Gasteiger partial charge in [-0.05, 0) is 32.9 Å². The van der Waals surface area contributed by atoms with E-state index < -0.39 is 5.41 Å². The molecule has 3 atom stereocenters. The third kappa shape index (κ3) is 2.61. The van der Waals surface area contributed by atoms with Gasteiger partial charge in [-0.3, -0.25) is 4.79 Å². The van der Waals surface area contributed by atoms with Crippen LogP contribution in [0.5, 0.6) is 0 Å². The fourth-order valence-electron chi connectivity index (χ4n) is 2.55. The van der Waals surface area contributed by atoms with Crippen LogP contribution in [-0.4, -0.2) is 56.7 Å². The quantitative estimate of drug-likeness (QED) is 0.693. The van der Waals surface area contributed by atoms with Crippen molar-refractivity contribution >= 4 is 5.91 Å². The number of rotatable bonds is 3. The van der Waals surface area contributed by atoms with Crippen molar-refractivity contribution in [2.45, 2.75) is 19.4 Å². The zero-order valence-electron chi connectivity index (χ0n) is 10.7. The lowest BCUT2D eigenvalue weighted by Gasteiger charge is -2.26. The number of ether oxygens (including phenoxy) is 1. The second-order valence-corrected chi connectivity index (χ2v) is 5.67. The Hall–Kier alpha value is -0.650. The number of carbonyl (C=O) groups excluding carboxylic acids is 1. The number of nitrogens with one attached hydrogen (secondary N) is 1. The topological polar surface area (TPSA) is 67.6 Å². The summed E-state index contributed by atoms with van der Waals surface area (Å²) in [5, 5.41) is 3.03. The average molecular weight is 241 g/mol. The van der Waals surface area contributed by atoms with Crippen molar-refractivity contribution in [3.05, 3.63) is 0 Å². The number of hydrogen-bond donors (Lipinski definition) is 2. The number of carbonyl (C=O) groups is 1. The van der Waals surface area contributed by atoms with Gasteiger partial charge in [0.05, 0.1) is 18.6 Å². The predicted molar refractivity (Wildman–Crippen MR) is 65.5 cm³/mol. The van der Waals surface area contributed by atoms with Crippen molar-refractivity contribution in [1.29, 1.82) is 0 Å². The average Bonchev–Trinajstić information content (AvgIpc) is 2.84. The van der Waals surface area contributed by atoms with Crippen LogP contribution in [0.2, 0.25) is 0 Å². The minimum atomic E-state index is -0.551. The summed E-state index contributed by atoms with van der Waals surface area (Å²) in [5.41, 5.74) is 5.37. The van der Waals surface area contributed by atoms with Crippen LogP contribution in [0.1, 0.15) is 13.3 Å². The van der Waals surface area contributed by atoms with Crippen LogP contribution >= 0.6 is 0 Å². The highest BCUT2D eigenvalue weighted by Crippen LogP contribution is 2.27. The lowest BCUT2D eigenvalue weighted by molar-refractivity contribution is -0.130. The summed E-state index contributed by atoms with van der Waals surface area (Å²) in [5.74, 6) is 0.614. The maximum atomic E-state index is 12.1. The van der Waals surface area contributed by atoms with Crippen LogP contribution in [0, 0.1) is 11.3 Å². The Balaban J connectivity index is 1.81. The van der Waals surface area contributed by atoms with Crippen molar-refractivity contribution in [2.75, 3.05) is 39.9 Å². The van der Waals surface area contributed by atoms with Crippen molar-refractivity contribution in [3.63, 3.8) is 0 Å². The molecule has 2 aliphatic rings. The molecule has 0 aromatic heterocycles. The smallest absolute Gasteiger partial charge is 0.229 e. The second-order valence-electron chi connectivity index (χ2n) is 5.67. The molecule has 0 aliphatic carbocycles. The van der Waals surface area contributed by atoms with Gasteiger partial charge >= 0.3 is 0 Å². The largest absolute Gasteiger partial charge is 0.379 e. The molecule has 17 heavy (non-hydrogen) atoms. The maximum Gasteiger partial charge on any atom is 0.229 e. The lowest BCUT2D eigenvalue weighted by Crippen LogP contribution is -2.50. The molecular formula is C12H23N3O2. The van der Waals surface area contributed by atoms with Gasteiger partial charge in [0.1, 0.15) is 0 Å². The van der Waals surface area contributed by atoms with E-state index in [4.69, 9.17) is 10.5 Å². The normalized spacial score (nSPS) is 38.5. The minimum absolute atomic E-state index is 0.0389. The van der Waals surface area contributed by atoms with Crippen molar-refractivity contribution < 1.29 is 9.53 Å². The van der Waals surface area contributed by atoms with Crippen LogP contribution in [0.25, 0.3) is 0 Å². The maximum absolute atomic E-state index is 12.1. The Morgan fingerprint density at radius 3 is 2.94 bits per heavy atom. The van der Waals surface area contributed by atoms with Gasteiger partial charge in [0, 0.05) is 19.1 Å². The summed E-state index contributed by atoms with van der Waals surface area (Å²) in [7, 11) is 2.11. The van der Waals surface area contributed by atoms with Crippen molar-refractivity contribution in [3.8, 4) is 0 Å². The Labute approximate surface area is 103 Å². The molecule has 0 aromatic carbocycles. The van der Waals surface area contributed by atoms with Gasteiger partial charge in [-0.2, -0.15) is 0 Å². The zero-order chi connectivity index (χ0) is 12.5. The predicted octanol–water partition coefficient (Wildman–Crippen LogP) is -0.582. The lowest BCUT2D eigenvalue weighted by atomic mass is 9.84. The molecule has 1 amide bonds. The molecule has 98 valence electrons. The molecule has 2 heterocycles. The van der Waals surface area contributed by atoms with Crippen molar-refractivity contribution in [2.24, 2.45) is 17.1 Å². The molecule has 0 bridgehead atoms. The number of hydrogen-bond acceptors (Lipinski definition) is 4. The Morgan fingerprint density at radius 1 is 1.65 bits per heavy atom. The van der Waals surface area contributed by atoms with Crippen LogP contribution in [0.15, 0.2) is 0 Å². The van der Waals surface area contributed by atoms with Crippen LogP contribution in [0.4, 0.5) is 0 Å². The standard InChI is InChI=1S/C12H23N3O2/c1-12(8-17-7-10(12)13)11(16)14-5-9-3-4-15(2)6-9/h9-10H,3-8,13H2,1-2H3,(H,14,16). The molecular weight excluding hydrogens is 218 g/mol. The highest BCUT2D eigenvalue weighted by Gasteiger charge is 2.44. The third-order valence-electron chi connectivity index (χ3n) is 4.08. The molecule has 2 fully saturated rings. The monoisotopic (exact) mass is 241 g/mol. The van der Waals surface area contributed by atoms with Gasteiger partial charge in [0.25, 0.3) is 0 Å². The van der Waals surface area contributed by atoms with E-state index in [1.165, 1.54) is 0 Å². The fourth-order valence-corrected chi connectivity index (χ4v) is 2.55.